The lowest BCUT2D eigenvalue weighted by atomic mass is 10.2. The molecule has 0 radical (unpaired) electrons. The van der Waals surface area contributed by atoms with Gasteiger partial charge < -0.3 is 10.2 Å². The third-order valence-corrected chi connectivity index (χ3v) is 3.13. The van der Waals surface area contributed by atoms with Gasteiger partial charge in [0.15, 0.2) is 0 Å². The van der Waals surface area contributed by atoms with Crippen LogP contribution in [0.1, 0.15) is 39.5 Å². The monoisotopic (exact) mass is 198 g/mol. The molecule has 84 valence electrons. The van der Waals surface area contributed by atoms with E-state index in [2.05, 4.69) is 31.1 Å². The van der Waals surface area contributed by atoms with Crippen LogP contribution in [0.5, 0.6) is 0 Å². The van der Waals surface area contributed by atoms with Crippen molar-refractivity contribution in [2.24, 2.45) is 5.92 Å². The molecule has 1 N–H and O–H groups in total. The van der Waals surface area contributed by atoms with E-state index in [1.165, 1.54) is 45.3 Å². The predicted octanol–water partition coefficient (Wildman–Crippen LogP) is 2.11. The molecule has 0 amide bonds. The van der Waals surface area contributed by atoms with Gasteiger partial charge in [-0.3, -0.25) is 0 Å². The number of hydrogen-bond acceptors (Lipinski definition) is 2. The standard InChI is InChI=1S/C12H26N2/c1-4-8-14(9-11-6-7-11)10-12(5-2)13-3/h11-13H,4-10H2,1-3H3. The van der Waals surface area contributed by atoms with Crippen molar-refractivity contribution < 1.29 is 0 Å². The molecular formula is C12H26N2. The number of nitrogens with one attached hydrogen (secondary N) is 1. The molecule has 1 aliphatic rings. The molecule has 1 atom stereocenters. The van der Waals surface area contributed by atoms with Crippen LogP contribution in [0.4, 0.5) is 0 Å². The Hall–Kier alpha value is -0.0800. The largest absolute Gasteiger partial charge is 0.316 e. The lowest BCUT2D eigenvalue weighted by molar-refractivity contribution is 0.234. The van der Waals surface area contributed by atoms with Gasteiger partial charge in [-0.25, -0.2) is 0 Å². The highest BCUT2D eigenvalue weighted by Gasteiger charge is 2.24. The van der Waals surface area contributed by atoms with Crippen molar-refractivity contribution in [3.8, 4) is 0 Å². The summed E-state index contributed by atoms with van der Waals surface area (Å²) in [6.45, 7) is 8.39. The number of hydrogen-bond donors (Lipinski definition) is 1. The van der Waals surface area contributed by atoms with Crippen molar-refractivity contribution in [3.05, 3.63) is 0 Å². The van der Waals surface area contributed by atoms with Crippen molar-refractivity contribution >= 4 is 0 Å². The molecule has 0 aliphatic heterocycles. The molecule has 1 saturated carbocycles. The van der Waals surface area contributed by atoms with Gasteiger partial charge >= 0.3 is 0 Å². The molecule has 0 aromatic carbocycles. The molecule has 2 nitrogen and oxygen atoms in total. The van der Waals surface area contributed by atoms with Crippen LogP contribution < -0.4 is 5.32 Å². The maximum absolute atomic E-state index is 3.39. The quantitative estimate of drug-likeness (QED) is 0.642. The Labute approximate surface area is 89.1 Å². The summed E-state index contributed by atoms with van der Waals surface area (Å²) < 4.78 is 0. The topological polar surface area (TPSA) is 15.3 Å². The minimum Gasteiger partial charge on any atom is -0.316 e. The first-order valence-electron chi connectivity index (χ1n) is 6.19. The molecular weight excluding hydrogens is 172 g/mol. The highest BCUT2D eigenvalue weighted by molar-refractivity contribution is 4.79. The third-order valence-electron chi connectivity index (χ3n) is 3.13. The Kier molecular flexibility index (Phi) is 5.49. The number of rotatable bonds is 8. The molecule has 0 saturated heterocycles. The van der Waals surface area contributed by atoms with Crippen LogP contribution in [0.25, 0.3) is 0 Å². The maximum atomic E-state index is 3.39. The minimum absolute atomic E-state index is 0.681. The van der Waals surface area contributed by atoms with E-state index < -0.39 is 0 Å². The Morgan fingerprint density at radius 2 is 2.07 bits per heavy atom. The van der Waals surface area contributed by atoms with Crippen LogP contribution in [-0.2, 0) is 0 Å². The first-order chi connectivity index (χ1) is 6.80. The number of likely N-dealkylation sites (N-methyl/N-ethyl adjacent to an activating group) is 1. The molecule has 1 unspecified atom stereocenters. The fourth-order valence-corrected chi connectivity index (χ4v) is 1.98. The van der Waals surface area contributed by atoms with E-state index in [0.717, 1.165) is 5.92 Å². The smallest absolute Gasteiger partial charge is 0.0189 e. The van der Waals surface area contributed by atoms with E-state index in [4.69, 9.17) is 0 Å². The van der Waals surface area contributed by atoms with Gasteiger partial charge in [-0.05, 0) is 45.2 Å². The van der Waals surface area contributed by atoms with Gasteiger partial charge in [0.25, 0.3) is 0 Å². The Morgan fingerprint density at radius 1 is 1.36 bits per heavy atom. The van der Waals surface area contributed by atoms with Crippen LogP contribution in [0.3, 0.4) is 0 Å². The lowest BCUT2D eigenvalue weighted by Crippen LogP contribution is -2.40. The first-order valence-corrected chi connectivity index (χ1v) is 6.19. The SMILES string of the molecule is CCCN(CC1CC1)CC(CC)NC. The van der Waals surface area contributed by atoms with Crippen molar-refractivity contribution in [1.82, 2.24) is 10.2 Å². The van der Waals surface area contributed by atoms with Gasteiger partial charge in [0.05, 0.1) is 0 Å². The second-order valence-corrected chi connectivity index (χ2v) is 4.60. The second-order valence-electron chi connectivity index (χ2n) is 4.60. The second kappa shape index (κ2) is 6.41. The average molecular weight is 198 g/mol. The van der Waals surface area contributed by atoms with Gasteiger partial charge in [0.2, 0.25) is 0 Å². The molecule has 0 heterocycles. The average Bonchev–Trinajstić information content (AvgIpc) is 2.98. The fraction of sp³-hybridized carbons (Fsp3) is 1.00. The Balaban J connectivity index is 2.24. The predicted molar refractivity (Wildman–Crippen MR) is 62.6 cm³/mol. The summed E-state index contributed by atoms with van der Waals surface area (Å²) in [5.41, 5.74) is 0. The molecule has 1 rings (SSSR count). The molecule has 1 aliphatic carbocycles. The highest BCUT2D eigenvalue weighted by Crippen LogP contribution is 2.29. The van der Waals surface area contributed by atoms with E-state index in [-0.39, 0.29) is 0 Å². The van der Waals surface area contributed by atoms with Crippen molar-refractivity contribution in [3.63, 3.8) is 0 Å². The minimum atomic E-state index is 0.681. The van der Waals surface area contributed by atoms with Crippen LogP contribution in [0, 0.1) is 5.92 Å². The summed E-state index contributed by atoms with van der Waals surface area (Å²) in [4.78, 5) is 2.64. The van der Waals surface area contributed by atoms with Crippen LogP contribution in [0.15, 0.2) is 0 Å². The molecule has 0 aromatic heterocycles. The highest BCUT2D eigenvalue weighted by atomic mass is 15.1. The van der Waals surface area contributed by atoms with Gasteiger partial charge in [0, 0.05) is 19.1 Å². The molecule has 0 aromatic rings. The summed E-state index contributed by atoms with van der Waals surface area (Å²) in [7, 11) is 2.08. The zero-order valence-electron chi connectivity index (χ0n) is 10.1. The van der Waals surface area contributed by atoms with Crippen molar-refractivity contribution in [2.45, 2.75) is 45.6 Å². The van der Waals surface area contributed by atoms with Crippen LogP contribution >= 0.6 is 0 Å². The van der Waals surface area contributed by atoms with Crippen molar-refractivity contribution in [2.75, 3.05) is 26.7 Å². The molecule has 1 fully saturated rings. The lowest BCUT2D eigenvalue weighted by Gasteiger charge is -2.26. The van der Waals surface area contributed by atoms with E-state index in [1.54, 1.807) is 0 Å². The van der Waals surface area contributed by atoms with Crippen molar-refractivity contribution in [1.29, 1.82) is 0 Å². The fourth-order valence-electron chi connectivity index (χ4n) is 1.98. The zero-order chi connectivity index (χ0) is 10.4. The van der Waals surface area contributed by atoms with E-state index >= 15 is 0 Å². The van der Waals surface area contributed by atoms with Gasteiger partial charge in [0.1, 0.15) is 0 Å². The Bertz CT molecular complexity index is 139. The summed E-state index contributed by atoms with van der Waals surface area (Å²) >= 11 is 0. The normalized spacial score (nSPS) is 18.9. The summed E-state index contributed by atoms with van der Waals surface area (Å²) in [6, 6.07) is 0.681. The summed E-state index contributed by atoms with van der Waals surface area (Å²) in [6.07, 6.45) is 5.46. The zero-order valence-corrected chi connectivity index (χ0v) is 10.1. The summed E-state index contributed by atoms with van der Waals surface area (Å²) in [5.74, 6) is 1.02. The van der Waals surface area contributed by atoms with E-state index in [9.17, 15) is 0 Å². The van der Waals surface area contributed by atoms with Gasteiger partial charge in [-0.2, -0.15) is 0 Å². The van der Waals surface area contributed by atoms with Crippen LogP contribution in [-0.4, -0.2) is 37.6 Å². The van der Waals surface area contributed by atoms with E-state index in [1.807, 2.05) is 0 Å². The van der Waals surface area contributed by atoms with Crippen LogP contribution in [0.2, 0.25) is 0 Å². The Morgan fingerprint density at radius 3 is 2.50 bits per heavy atom. The van der Waals surface area contributed by atoms with E-state index in [0.29, 0.717) is 6.04 Å². The first kappa shape index (κ1) is 12.0. The third kappa shape index (κ3) is 4.43. The van der Waals surface area contributed by atoms with Gasteiger partial charge in [-0.1, -0.05) is 13.8 Å². The molecule has 0 spiro atoms. The molecule has 14 heavy (non-hydrogen) atoms. The van der Waals surface area contributed by atoms with Gasteiger partial charge in [-0.15, -0.1) is 0 Å². The molecule has 2 heteroatoms. The number of nitrogens with zero attached hydrogens (tertiary/aromatic N) is 1. The maximum Gasteiger partial charge on any atom is 0.0189 e. The summed E-state index contributed by atoms with van der Waals surface area (Å²) in [5, 5.41) is 3.39. The molecule has 0 bridgehead atoms.